The summed E-state index contributed by atoms with van der Waals surface area (Å²) >= 11 is 0. The van der Waals surface area contributed by atoms with Crippen LogP contribution >= 0.6 is 0 Å². The molecule has 5 rings (SSSR count). The number of carbonyl (C=O) groups is 1. The molecule has 1 amide bonds. The van der Waals surface area contributed by atoms with Crippen molar-refractivity contribution >= 4 is 34.7 Å². The number of nitrogens with one attached hydrogen (secondary N) is 3. The smallest absolute Gasteiger partial charge is 0.261 e. The lowest BCUT2D eigenvalue weighted by Crippen LogP contribution is -2.44. The number of benzene rings is 2. The molecule has 1 aliphatic carbocycles. The van der Waals surface area contributed by atoms with Gasteiger partial charge in [0.1, 0.15) is 28.6 Å². The van der Waals surface area contributed by atoms with Crippen molar-refractivity contribution in [3.8, 4) is 11.5 Å². The molecule has 2 aliphatic rings. The number of hydrogen-bond donors (Lipinski definition) is 3. The van der Waals surface area contributed by atoms with Gasteiger partial charge in [-0.2, -0.15) is 4.98 Å². The highest BCUT2D eigenvalue weighted by Gasteiger charge is 2.26. The lowest BCUT2D eigenvalue weighted by molar-refractivity contribution is 0.102. The summed E-state index contributed by atoms with van der Waals surface area (Å²) in [5.74, 6) is 1.56. The minimum atomic E-state index is -0.353. The van der Waals surface area contributed by atoms with Crippen molar-refractivity contribution in [2.75, 3.05) is 68.3 Å². The van der Waals surface area contributed by atoms with Crippen LogP contribution in [0.15, 0.2) is 48.7 Å². The van der Waals surface area contributed by atoms with E-state index in [2.05, 4.69) is 54.9 Å². The van der Waals surface area contributed by atoms with Crippen LogP contribution in [0.5, 0.6) is 11.5 Å². The molecule has 3 aromatic rings. The van der Waals surface area contributed by atoms with Crippen LogP contribution in [-0.2, 0) is 0 Å². The maximum Gasteiger partial charge on any atom is 0.261 e. The molecule has 1 saturated heterocycles. The van der Waals surface area contributed by atoms with Crippen LogP contribution < -0.4 is 30.3 Å². The summed E-state index contributed by atoms with van der Waals surface area (Å²) in [6.45, 7) is 4.17. The number of ether oxygens (including phenoxy) is 2. The number of carbonyl (C=O) groups excluding carboxylic acids is 1. The van der Waals surface area contributed by atoms with E-state index in [-0.39, 0.29) is 5.91 Å². The first-order chi connectivity index (χ1) is 18.0. The van der Waals surface area contributed by atoms with Gasteiger partial charge >= 0.3 is 0 Å². The van der Waals surface area contributed by atoms with E-state index in [1.807, 2.05) is 12.1 Å². The van der Waals surface area contributed by atoms with Crippen molar-refractivity contribution in [1.29, 1.82) is 0 Å². The van der Waals surface area contributed by atoms with E-state index in [9.17, 15) is 4.79 Å². The second-order valence-corrected chi connectivity index (χ2v) is 9.33. The number of likely N-dealkylation sites (N-methyl/N-ethyl adjacent to an activating group) is 1. The van der Waals surface area contributed by atoms with Gasteiger partial charge in [-0.25, -0.2) is 4.98 Å². The van der Waals surface area contributed by atoms with E-state index in [1.165, 1.54) is 11.9 Å². The minimum Gasteiger partial charge on any atom is -0.494 e. The first-order valence-corrected chi connectivity index (χ1v) is 12.5. The number of hydrogen-bond acceptors (Lipinski definition) is 9. The molecular formula is C27H33N7O3. The topological polar surface area (TPSA) is 104 Å². The second kappa shape index (κ2) is 10.9. The van der Waals surface area contributed by atoms with Gasteiger partial charge in [0.2, 0.25) is 5.95 Å². The predicted molar refractivity (Wildman–Crippen MR) is 146 cm³/mol. The zero-order chi connectivity index (χ0) is 25.8. The van der Waals surface area contributed by atoms with Crippen LogP contribution in [0.3, 0.4) is 0 Å². The number of para-hydroxylation sites is 1. The number of methoxy groups -OCH3 is 2. The van der Waals surface area contributed by atoms with Crippen molar-refractivity contribution in [2.24, 2.45) is 0 Å². The summed E-state index contributed by atoms with van der Waals surface area (Å²) in [6, 6.07) is 13.9. The molecular weight excluding hydrogens is 470 g/mol. The van der Waals surface area contributed by atoms with Crippen molar-refractivity contribution < 1.29 is 14.3 Å². The molecule has 1 saturated carbocycles. The molecule has 10 heteroatoms. The van der Waals surface area contributed by atoms with Gasteiger partial charge < -0.3 is 35.2 Å². The number of nitrogens with zero attached hydrogens (tertiary/aromatic N) is 4. The van der Waals surface area contributed by atoms with Gasteiger partial charge in [-0.15, -0.1) is 0 Å². The molecule has 3 N–H and O–H groups in total. The Morgan fingerprint density at radius 1 is 0.973 bits per heavy atom. The van der Waals surface area contributed by atoms with Gasteiger partial charge in [0, 0.05) is 49.8 Å². The third kappa shape index (κ3) is 5.86. The quantitative estimate of drug-likeness (QED) is 0.402. The third-order valence-corrected chi connectivity index (χ3v) is 6.61. The van der Waals surface area contributed by atoms with E-state index in [0.717, 1.165) is 44.7 Å². The second-order valence-electron chi connectivity index (χ2n) is 9.33. The largest absolute Gasteiger partial charge is 0.494 e. The van der Waals surface area contributed by atoms with Crippen molar-refractivity contribution in [3.63, 3.8) is 0 Å². The van der Waals surface area contributed by atoms with E-state index in [4.69, 9.17) is 9.47 Å². The Hall–Kier alpha value is -4.05. The summed E-state index contributed by atoms with van der Waals surface area (Å²) in [5, 5.41) is 9.54. The van der Waals surface area contributed by atoms with Crippen LogP contribution in [-0.4, -0.2) is 74.3 Å². The Morgan fingerprint density at radius 3 is 2.27 bits per heavy atom. The third-order valence-electron chi connectivity index (χ3n) is 6.61. The zero-order valence-electron chi connectivity index (χ0n) is 21.5. The first kappa shape index (κ1) is 24.6. The Balaban J connectivity index is 1.33. The zero-order valence-corrected chi connectivity index (χ0v) is 21.5. The SMILES string of the molecule is COc1cccc(OC)c1NC(=O)c1cnc(Nc2ccc(N3CCN(C)CC3)cc2)nc1NC1CC1. The number of anilines is 5. The monoisotopic (exact) mass is 503 g/mol. The summed E-state index contributed by atoms with van der Waals surface area (Å²) < 4.78 is 10.8. The van der Waals surface area contributed by atoms with Crippen LogP contribution in [0.25, 0.3) is 0 Å². The summed E-state index contributed by atoms with van der Waals surface area (Å²) in [6.07, 6.45) is 3.62. The highest BCUT2D eigenvalue weighted by Crippen LogP contribution is 2.35. The Kier molecular flexibility index (Phi) is 7.27. The fourth-order valence-corrected chi connectivity index (χ4v) is 4.24. The lowest BCUT2D eigenvalue weighted by Gasteiger charge is -2.34. The maximum atomic E-state index is 13.3. The molecule has 1 aliphatic heterocycles. The number of aromatic nitrogens is 2. The van der Waals surface area contributed by atoms with E-state index < -0.39 is 0 Å². The minimum absolute atomic E-state index is 0.304. The number of amides is 1. The van der Waals surface area contributed by atoms with Crippen molar-refractivity contribution in [2.45, 2.75) is 18.9 Å². The molecule has 194 valence electrons. The Bertz CT molecular complexity index is 1220. The highest BCUT2D eigenvalue weighted by molar-refractivity contribution is 6.08. The van der Waals surface area contributed by atoms with Gasteiger partial charge in [0.25, 0.3) is 5.91 Å². The molecule has 1 aromatic heterocycles. The van der Waals surface area contributed by atoms with Gasteiger partial charge in [-0.05, 0) is 56.3 Å². The standard InChI is InChI=1S/C27H33N7O3/c1-33-13-15-34(16-14-33)20-11-9-19(10-12-20)30-27-28-17-21(25(32-27)29-18-7-8-18)26(35)31-24-22(36-2)5-4-6-23(24)37-3/h4-6,9-12,17-18H,7-8,13-16H2,1-3H3,(H,31,35)(H2,28,29,30,32). The molecule has 2 fully saturated rings. The summed E-state index contributed by atoms with van der Waals surface area (Å²) in [5.41, 5.74) is 2.88. The van der Waals surface area contributed by atoms with Crippen LogP contribution in [0.4, 0.5) is 28.8 Å². The number of rotatable bonds is 9. The average molecular weight is 504 g/mol. The summed E-state index contributed by atoms with van der Waals surface area (Å²) in [4.78, 5) is 27.1. The van der Waals surface area contributed by atoms with E-state index >= 15 is 0 Å². The van der Waals surface area contributed by atoms with Crippen molar-refractivity contribution in [1.82, 2.24) is 14.9 Å². The average Bonchev–Trinajstić information content (AvgIpc) is 3.74. The fraction of sp³-hybridized carbons (Fsp3) is 0.370. The molecule has 0 atom stereocenters. The predicted octanol–water partition coefficient (Wildman–Crippen LogP) is 3.82. The van der Waals surface area contributed by atoms with E-state index in [1.54, 1.807) is 32.4 Å². The normalized spacial score (nSPS) is 15.7. The van der Waals surface area contributed by atoms with E-state index in [0.29, 0.717) is 40.6 Å². The van der Waals surface area contributed by atoms with Gasteiger partial charge in [-0.1, -0.05) is 6.07 Å². The molecule has 0 bridgehead atoms. The maximum absolute atomic E-state index is 13.3. The molecule has 0 unspecified atom stereocenters. The molecule has 0 spiro atoms. The molecule has 0 radical (unpaired) electrons. The first-order valence-electron chi connectivity index (χ1n) is 12.5. The number of piperazine rings is 1. The van der Waals surface area contributed by atoms with Gasteiger partial charge in [-0.3, -0.25) is 4.79 Å². The fourth-order valence-electron chi connectivity index (χ4n) is 4.24. The summed E-state index contributed by atoms with van der Waals surface area (Å²) in [7, 11) is 5.25. The molecule has 37 heavy (non-hydrogen) atoms. The highest BCUT2D eigenvalue weighted by atomic mass is 16.5. The van der Waals surface area contributed by atoms with Gasteiger partial charge in [0.15, 0.2) is 0 Å². The van der Waals surface area contributed by atoms with Crippen LogP contribution in [0.1, 0.15) is 23.2 Å². The molecule has 2 heterocycles. The van der Waals surface area contributed by atoms with Crippen molar-refractivity contribution in [3.05, 3.63) is 54.2 Å². The van der Waals surface area contributed by atoms with Crippen LogP contribution in [0.2, 0.25) is 0 Å². The lowest BCUT2D eigenvalue weighted by atomic mass is 10.2. The Labute approximate surface area is 217 Å². The van der Waals surface area contributed by atoms with Crippen LogP contribution in [0, 0.1) is 0 Å². The molecule has 2 aromatic carbocycles. The Morgan fingerprint density at radius 2 is 1.65 bits per heavy atom. The molecule has 10 nitrogen and oxygen atoms in total. The van der Waals surface area contributed by atoms with Gasteiger partial charge in [0.05, 0.1) is 14.2 Å².